The summed E-state index contributed by atoms with van der Waals surface area (Å²) >= 11 is 0. The van der Waals surface area contributed by atoms with Crippen LogP contribution in [0.15, 0.2) is 0 Å². The second-order valence-corrected chi connectivity index (χ2v) is 6.92. The van der Waals surface area contributed by atoms with Gasteiger partial charge in [0.15, 0.2) is 0 Å². The lowest BCUT2D eigenvalue weighted by atomic mass is 9.77. The maximum Gasteiger partial charge on any atom is 0.0575 e. The van der Waals surface area contributed by atoms with Crippen LogP contribution < -0.4 is 5.32 Å². The van der Waals surface area contributed by atoms with Gasteiger partial charge in [0.2, 0.25) is 0 Å². The van der Waals surface area contributed by atoms with Crippen molar-refractivity contribution in [1.29, 1.82) is 0 Å². The van der Waals surface area contributed by atoms with Gasteiger partial charge in [0.25, 0.3) is 0 Å². The van der Waals surface area contributed by atoms with Crippen LogP contribution in [0.5, 0.6) is 0 Å². The van der Waals surface area contributed by atoms with Crippen molar-refractivity contribution < 1.29 is 4.74 Å². The third kappa shape index (κ3) is 3.48. The Kier molecular flexibility index (Phi) is 5.08. The van der Waals surface area contributed by atoms with E-state index in [2.05, 4.69) is 26.1 Å². The molecule has 0 aromatic carbocycles. The van der Waals surface area contributed by atoms with Crippen LogP contribution >= 0.6 is 0 Å². The largest absolute Gasteiger partial charge is 0.381 e. The highest BCUT2D eigenvalue weighted by atomic mass is 16.5. The van der Waals surface area contributed by atoms with Gasteiger partial charge in [-0.15, -0.1) is 0 Å². The first-order valence-corrected chi connectivity index (χ1v) is 7.89. The molecule has 2 heteroatoms. The fourth-order valence-electron chi connectivity index (χ4n) is 4.00. The Morgan fingerprint density at radius 1 is 0.833 bits per heavy atom. The number of rotatable bonds is 3. The number of methoxy groups -OCH3 is 1. The number of hydrogen-bond acceptors (Lipinski definition) is 2. The predicted molar refractivity (Wildman–Crippen MR) is 76.7 cm³/mol. The molecule has 106 valence electrons. The van der Waals surface area contributed by atoms with Crippen LogP contribution in [-0.2, 0) is 4.74 Å². The average molecular weight is 253 g/mol. The molecule has 2 rings (SSSR count). The van der Waals surface area contributed by atoms with E-state index in [-0.39, 0.29) is 0 Å². The quantitative estimate of drug-likeness (QED) is 0.829. The summed E-state index contributed by atoms with van der Waals surface area (Å²) in [4.78, 5) is 0. The molecule has 0 amide bonds. The molecule has 0 aromatic rings. The minimum atomic E-state index is 0.502. The molecular formula is C16H31NO. The molecule has 0 saturated heterocycles. The molecule has 0 heterocycles. The van der Waals surface area contributed by atoms with Gasteiger partial charge in [0, 0.05) is 19.2 Å². The molecule has 18 heavy (non-hydrogen) atoms. The molecule has 2 fully saturated rings. The number of ether oxygens (including phenoxy) is 1. The van der Waals surface area contributed by atoms with Gasteiger partial charge >= 0.3 is 0 Å². The summed E-state index contributed by atoms with van der Waals surface area (Å²) in [7, 11) is 1.86. The van der Waals surface area contributed by atoms with E-state index in [1.165, 1.54) is 38.5 Å². The van der Waals surface area contributed by atoms with Gasteiger partial charge in [-0.3, -0.25) is 0 Å². The molecule has 0 spiro atoms. The minimum absolute atomic E-state index is 0.502. The van der Waals surface area contributed by atoms with Crippen LogP contribution in [-0.4, -0.2) is 25.3 Å². The maximum absolute atomic E-state index is 5.51. The topological polar surface area (TPSA) is 21.3 Å². The molecule has 0 aliphatic heterocycles. The van der Waals surface area contributed by atoms with Crippen LogP contribution in [0, 0.1) is 17.8 Å². The smallest absolute Gasteiger partial charge is 0.0575 e. The average Bonchev–Trinajstić information content (AvgIpc) is 2.34. The lowest BCUT2D eigenvalue weighted by molar-refractivity contribution is 0.0366. The van der Waals surface area contributed by atoms with Crippen LogP contribution in [0.2, 0.25) is 0 Å². The summed E-state index contributed by atoms with van der Waals surface area (Å²) in [5.41, 5.74) is 0. The lowest BCUT2D eigenvalue weighted by Gasteiger charge is -2.40. The first-order valence-electron chi connectivity index (χ1n) is 7.89. The number of hydrogen-bond donors (Lipinski definition) is 1. The zero-order chi connectivity index (χ0) is 13.1. The Balaban J connectivity index is 1.82. The summed E-state index contributed by atoms with van der Waals surface area (Å²) in [6, 6.07) is 1.48. The Bertz CT molecular complexity index is 255. The van der Waals surface area contributed by atoms with E-state index in [4.69, 9.17) is 4.74 Å². The van der Waals surface area contributed by atoms with E-state index in [0.29, 0.717) is 6.10 Å². The fourth-order valence-corrected chi connectivity index (χ4v) is 4.00. The van der Waals surface area contributed by atoms with Crippen molar-refractivity contribution >= 4 is 0 Å². The van der Waals surface area contributed by atoms with Gasteiger partial charge in [-0.25, -0.2) is 0 Å². The van der Waals surface area contributed by atoms with Crippen molar-refractivity contribution in [3.8, 4) is 0 Å². The molecule has 0 aromatic heterocycles. The third-order valence-electron chi connectivity index (χ3n) is 5.31. The van der Waals surface area contributed by atoms with Crippen LogP contribution in [0.3, 0.4) is 0 Å². The Labute approximate surface area is 113 Å². The normalized spacial score (nSPS) is 46.0. The SMILES string of the molecule is COC1CCC(NC2CCC(C)CC2C)C(C)C1. The molecule has 6 atom stereocenters. The second-order valence-electron chi connectivity index (χ2n) is 6.92. The van der Waals surface area contributed by atoms with E-state index in [1.54, 1.807) is 0 Å². The Hall–Kier alpha value is -0.0800. The standard InChI is InChI=1S/C16H31NO/c1-11-5-7-15(12(2)9-11)17-16-8-6-14(18-4)10-13(16)3/h11-17H,5-10H2,1-4H3. The summed E-state index contributed by atoms with van der Waals surface area (Å²) in [6.45, 7) is 7.22. The highest BCUT2D eigenvalue weighted by Gasteiger charge is 2.32. The number of nitrogens with one attached hydrogen (secondary N) is 1. The first kappa shape index (κ1) is 14.3. The molecule has 2 nitrogen and oxygen atoms in total. The highest BCUT2D eigenvalue weighted by molar-refractivity contribution is 4.89. The summed E-state index contributed by atoms with van der Waals surface area (Å²) in [5.74, 6) is 2.54. The molecule has 2 aliphatic carbocycles. The Morgan fingerprint density at radius 2 is 1.44 bits per heavy atom. The van der Waals surface area contributed by atoms with Gasteiger partial charge in [-0.2, -0.15) is 0 Å². The van der Waals surface area contributed by atoms with Crippen molar-refractivity contribution in [2.24, 2.45) is 17.8 Å². The second kappa shape index (κ2) is 6.38. The van der Waals surface area contributed by atoms with Crippen LogP contribution in [0.4, 0.5) is 0 Å². The molecule has 1 N–H and O–H groups in total. The summed E-state index contributed by atoms with van der Waals surface area (Å²) < 4.78 is 5.51. The molecule has 0 radical (unpaired) electrons. The van der Waals surface area contributed by atoms with Gasteiger partial charge in [0.1, 0.15) is 0 Å². The molecule has 0 bridgehead atoms. The van der Waals surface area contributed by atoms with Crippen molar-refractivity contribution in [2.45, 2.75) is 77.5 Å². The van der Waals surface area contributed by atoms with Crippen LogP contribution in [0.1, 0.15) is 59.3 Å². The highest BCUT2D eigenvalue weighted by Crippen LogP contribution is 2.32. The monoisotopic (exact) mass is 253 g/mol. The van der Waals surface area contributed by atoms with Crippen molar-refractivity contribution in [3.63, 3.8) is 0 Å². The van der Waals surface area contributed by atoms with E-state index in [1.807, 2.05) is 7.11 Å². The summed E-state index contributed by atoms with van der Waals surface area (Å²) in [6.07, 6.45) is 8.43. The molecular weight excluding hydrogens is 222 g/mol. The van der Waals surface area contributed by atoms with Gasteiger partial charge in [-0.1, -0.05) is 20.8 Å². The van der Waals surface area contributed by atoms with Crippen molar-refractivity contribution in [1.82, 2.24) is 5.32 Å². The zero-order valence-electron chi connectivity index (χ0n) is 12.6. The Morgan fingerprint density at radius 3 is 2.00 bits per heavy atom. The molecule has 2 saturated carbocycles. The first-order chi connectivity index (χ1) is 8.60. The third-order valence-corrected chi connectivity index (χ3v) is 5.31. The molecule has 6 unspecified atom stereocenters. The zero-order valence-corrected chi connectivity index (χ0v) is 12.6. The van der Waals surface area contributed by atoms with Crippen molar-refractivity contribution in [3.05, 3.63) is 0 Å². The molecule has 2 aliphatic rings. The maximum atomic E-state index is 5.51. The van der Waals surface area contributed by atoms with Crippen LogP contribution in [0.25, 0.3) is 0 Å². The van der Waals surface area contributed by atoms with Gasteiger partial charge in [0.05, 0.1) is 6.10 Å². The van der Waals surface area contributed by atoms with Crippen molar-refractivity contribution in [2.75, 3.05) is 7.11 Å². The predicted octanol–water partition coefficient (Wildman–Crippen LogP) is 3.60. The summed E-state index contributed by atoms with van der Waals surface area (Å²) in [5, 5.41) is 3.97. The van der Waals surface area contributed by atoms with E-state index >= 15 is 0 Å². The fraction of sp³-hybridized carbons (Fsp3) is 1.00. The van der Waals surface area contributed by atoms with E-state index < -0.39 is 0 Å². The van der Waals surface area contributed by atoms with E-state index in [9.17, 15) is 0 Å². The lowest BCUT2D eigenvalue weighted by Crippen LogP contribution is -2.49. The van der Waals surface area contributed by atoms with Gasteiger partial charge in [-0.05, 0) is 56.3 Å². The minimum Gasteiger partial charge on any atom is -0.381 e. The van der Waals surface area contributed by atoms with E-state index in [0.717, 1.165) is 29.8 Å². The van der Waals surface area contributed by atoms with Gasteiger partial charge < -0.3 is 10.1 Å².